The van der Waals surface area contributed by atoms with Gasteiger partial charge in [0.2, 0.25) is 0 Å². The Labute approximate surface area is 119 Å². The van der Waals surface area contributed by atoms with Crippen molar-refractivity contribution in [3.05, 3.63) is 22.2 Å². The van der Waals surface area contributed by atoms with Gasteiger partial charge in [-0.3, -0.25) is 4.79 Å². The standard InChI is InChI=1S/C12H12BrN3O3/c1-18-10-6-9(13)11(19-2)5-8(10)7-15-16-12(17)3-4-14/h5-7H,3H2,1-2H3,(H,16,17)/b15-7+. The number of amides is 1. The molecule has 0 aromatic heterocycles. The van der Waals surface area contributed by atoms with Crippen LogP contribution >= 0.6 is 15.9 Å². The summed E-state index contributed by atoms with van der Waals surface area (Å²) in [5.74, 6) is 0.721. The van der Waals surface area contributed by atoms with E-state index in [0.717, 1.165) is 4.47 Å². The van der Waals surface area contributed by atoms with Crippen molar-refractivity contribution in [3.63, 3.8) is 0 Å². The predicted molar refractivity (Wildman–Crippen MR) is 73.2 cm³/mol. The van der Waals surface area contributed by atoms with Crippen LogP contribution in [0.25, 0.3) is 0 Å². The molecule has 0 saturated heterocycles. The molecule has 0 saturated carbocycles. The van der Waals surface area contributed by atoms with E-state index in [1.165, 1.54) is 13.3 Å². The molecule has 1 N–H and O–H groups in total. The fraction of sp³-hybridized carbons (Fsp3) is 0.250. The molecule has 0 aliphatic carbocycles. The molecular formula is C12H12BrN3O3. The third-order valence-corrected chi connectivity index (χ3v) is 2.76. The summed E-state index contributed by atoms with van der Waals surface area (Å²) in [6.45, 7) is 0. The first kappa shape index (κ1) is 15.0. The highest BCUT2D eigenvalue weighted by atomic mass is 79.9. The average Bonchev–Trinajstić information content (AvgIpc) is 2.40. The molecule has 0 bridgehead atoms. The van der Waals surface area contributed by atoms with Gasteiger partial charge in [0, 0.05) is 5.56 Å². The van der Waals surface area contributed by atoms with Crippen molar-refractivity contribution < 1.29 is 14.3 Å². The lowest BCUT2D eigenvalue weighted by Gasteiger charge is -2.09. The predicted octanol–water partition coefficient (Wildman–Crippen LogP) is 1.83. The lowest BCUT2D eigenvalue weighted by molar-refractivity contribution is -0.120. The second-order valence-electron chi connectivity index (χ2n) is 3.36. The van der Waals surface area contributed by atoms with Crippen LogP contribution in [0.2, 0.25) is 0 Å². The van der Waals surface area contributed by atoms with Crippen LogP contribution in [0.1, 0.15) is 12.0 Å². The molecule has 1 rings (SSSR count). The lowest BCUT2D eigenvalue weighted by atomic mass is 10.2. The maximum Gasteiger partial charge on any atom is 0.254 e. The van der Waals surface area contributed by atoms with Crippen LogP contribution in [0.4, 0.5) is 0 Å². The van der Waals surface area contributed by atoms with E-state index >= 15 is 0 Å². The Bertz CT molecular complexity index is 538. The van der Waals surface area contributed by atoms with Gasteiger partial charge in [-0.2, -0.15) is 10.4 Å². The maximum atomic E-state index is 11.1. The van der Waals surface area contributed by atoms with Crippen molar-refractivity contribution in [3.8, 4) is 17.6 Å². The SMILES string of the molecule is COc1cc(/C=N/NC(=O)CC#N)c(OC)cc1Br. The molecule has 0 heterocycles. The molecule has 1 aromatic carbocycles. The first-order chi connectivity index (χ1) is 9.12. The summed E-state index contributed by atoms with van der Waals surface area (Å²) in [5.41, 5.74) is 2.87. The van der Waals surface area contributed by atoms with Crippen LogP contribution in [0, 0.1) is 11.3 Å². The molecule has 7 heteroatoms. The van der Waals surface area contributed by atoms with Crippen molar-refractivity contribution in [1.82, 2.24) is 5.43 Å². The molecule has 1 amide bonds. The number of hydrogen-bond acceptors (Lipinski definition) is 5. The minimum absolute atomic E-state index is 0.238. The molecule has 100 valence electrons. The Morgan fingerprint density at radius 2 is 2.16 bits per heavy atom. The Morgan fingerprint density at radius 3 is 2.74 bits per heavy atom. The van der Waals surface area contributed by atoms with Gasteiger partial charge in [0.25, 0.3) is 5.91 Å². The van der Waals surface area contributed by atoms with Crippen LogP contribution in [0.15, 0.2) is 21.7 Å². The molecule has 0 unspecified atom stereocenters. The Balaban J connectivity index is 2.90. The highest BCUT2D eigenvalue weighted by Crippen LogP contribution is 2.31. The van der Waals surface area contributed by atoms with E-state index in [2.05, 4.69) is 26.5 Å². The summed E-state index contributed by atoms with van der Waals surface area (Å²) in [7, 11) is 3.07. The summed E-state index contributed by atoms with van der Waals surface area (Å²) in [5, 5.41) is 12.1. The van der Waals surface area contributed by atoms with Crippen molar-refractivity contribution >= 4 is 28.1 Å². The van der Waals surface area contributed by atoms with Crippen LogP contribution in [0.5, 0.6) is 11.5 Å². The van der Waals surface area contributed by atoms with E-state index in [1.807, 2.05) is 0 Å². The molecule has 0 fully saturated rings. The van der Waals surface area contributed by atoms with Gasteiger partial charge < -0.3 is 9.47 Å². The van der Waals surface area contributed by atoms with Crippen LogP contribution in [-0.2, 0) is 4.79 Å². The normalized spacial score (nSPS) is 10.0. The van der Waals surface area contributed by atoms with Gasteiger partial charge in [0.1, 0.15) is 17.9 Å². The monoisotopic (exact) mass is 325 g/mol. The number of nitrogens with zero attached hydrogens (tertiary/aromatic N) is 2. The molecule has 0 spiro atoms. The van der Waals surface area contributed by atoms with Gasteiger partial charge in [-0.15, -0.1) is 0 Å². The zero-order valence-electron chi connectivity index (χ0n) is 10.4. The minimum Gasteiger partial charge on any atom is -0.496 e. The van der Waals surface area contributed by atoms with Gasteiger partial charge in [-0.05, 0) is 28.1 Å². The smallest absolute Gasteiger partial charge is 0.254 e. The van der Waals surface area contributed by atoms with Crippen molar-refractivity contribution in [2.24, 2.45) is 5.10 Å². The van der Waals surface area contributed by atoms with Gasteiger partial charge in [0.15, 0.2) is 0 Å². The van der Waals surface area contributed by atoms with E-state index in [9.17, 15) is 4.79 Å². The number of carbonyl (C=O) groups excluding carboxylic acids is 1. The Hall–Kier alpha value is -2.07. The Morgan fingerprint density at radius 1 is 1.47 bits per heavy atom. The topological polar surface area (TPSA) is 83.7 Å². The van der Waals surface area contributed by atoms with Gasteiger partial charge in [-0.25, -0.2) is 5.43 Å². The second kappa shape index (κ2) is 7.38. The highest BCUT2D eigenvalue weighted by molar-refractivity contribution is 9.10. The number of benzene rings is 1. The molecule has 0 aliphatic heterocycles. The number of rotatable bonds is 5. The molecule has 1 aromatic rings. The number of nitriles is 1. The van der Waals surface area contributed by atoms with Gasteiger partial charge >= 0.3 is 0 Å². The largest absolute Gasteiger partial charge is 0.496 e. The molecular weight excluding hydrogens is 314 g/mol. The third-order valence-electron chi connectivity index (χ3n) is 2.14. The number of methoxy groups -OCH3 is 2. The Kier molecular flexibility index (Phi) is 5.82. The second-order valence-corrected chi connectivity index (χ2v) is 4.21. The summed E-state index contributed by atoms with van der Waals surface area (Å²) in [6.07, 6.45) is 1.18. The number of ether oxygens (including phenoxy) is 2. The number of hydrogen-bond donors (Lipinski definition) is 1. The van der Waals surface area contributed by atoms with Gasteiger partial charge in [0.05, 0.1) is 31.0 Å². The zero-order chi connectivity index (χ0) is 14.3. The summed E-state index contributed by atoms with van der Waals surface area (Å²) in [4.78, 5) is 11.1. The van der Waals surface area contributed by atoms with Crippen LogP contribution < -0.4 is 14.9 Å². The quantitative estimate of drug-likeness (QED) is 0.661. The van der Waals surface area contributed by atoms with Crippen molar-refractivity contribution in [1.29, 1.82) is 5.26 Å². The number of halogens is 1. The van der Waals surface area contributed by atoms with E-state index < -0.39 is 5.91 Å². The molecule has 0 aliphatic rings. The molecule has 6 nitrogen and oxygen atoms in total. The van der Waals surface area contributed by atoms with E-state index in [0.29, 0.717) is 17.1 Å². The van der Waals surface area contributed by atoms with Crippen LogP contribution in [-0.4, -0.2) is 26.3 Å². The molecule has 19 heavy (non-hydrogen) atoms. The van der Waals surface area contributed by atoms with E-state index in [4.69, 9.17) is 14.7 Å². The molecule has 0 radical (unpaired) electrons. The van der Waals surface area contributed by atoms with Crippen LogP contribution in [0.3, 0.4) is 0 Å². The highest BCUT2D eigenvalue weighted by Gasteiger charge is 2.08. The zero-order valence-corrected chi connectivity index (χ0v) is 12.0. The average molecular weight is 326 g/mol. The third kappa shape index (κ3) is 4.26. The van der Waals surface area contributed by atoms with Crippen molar-refractivity contribution in [2.75, 3.05) is 14.2 Å². The first-order valence-electron chi connectivity index (χ1n) is 5.22. The van der Waals surface area contributed by atoms with E-state index in [1.54, 1.807) is 25.3 Å². The summed E-state index contributed by atoms with van der Waals surface area (Å²) >= 11 is 3.34. The number of carbonyl (C=O) groups is 1. The molecule has 0 atom stereocenters. The summed E-state index contributed by atoms with van der Waals surface area (Å²) < 4.78 is 11.1. The fourth-order valence-electron chi connectivity index (χ4n) is 1.27. The summed E-state index contributed by atoms with van der Waals surface area (Å²) in [6, 6.07) is 5.17. The maximum absolute atomic E-state index is 11.1. The minimum atomic E-state index is -0.471. The first-order valence-corrected chi connectivity index (χ1v) is 6.02. The fourth-order valence-corrected chi connectivity index (χ4v) is 1.75. The number of nitrogens with one attached hydrogen (secondary N) is 1. The number of hydrazone groups is 1. The van der Waals surface area contributed by atoms with Gasteiger partial charge in [-0.1, -0.05) is 0 Å². The van der Waals surface area contributed by atoms with Crippen molar-refractivity contribution in [2.45, 2.75) is 6.42 Å². The lowest BCUT2D eigenvalue weighted by Crippen LogP contribution is -2.16. The van der Waals surface area contributed by atoms with E-state index in [-0.39, 0.29) is 6.42 Å².